The summed E-state index contributed by atoms with van der Waals surface area (Å²) in [6.45, 7) is 2.36. The van der Waals surface area contributed by atoms with Gasteiger partial charge in [-0.15, -0.1) is 0 Å². The van der Waals surface area contributed by atoms with Crippen molar-refractivity contribution in [3.05, 3.63) is 47.2 Å². The van der Waals surface area contributed by atoms with Crippen molar-refractivity contribution in [2.45, 2.75) is 13.0 Å². The highest BCUT2D eigenvalue weighted by Crippen LogP contribution is 2.14. The number of methoxy groups -OCH3 is 1. The average Bonchev–Trinajstić information content (AvgIpc) is 2.82. The molecule has 0 saturated heterocycles. The predicted octanol–water partition coefficient (Wildman–Crippen LogP) is 3.03. The zero-order valence-corrected chi connectivity index (χ0v) is 11.7. The maximum Gasteiger partial charge on any atom is 0.203 e. The van der Waals surface area contributed by atoms with Gasteiger partial charge in [0.25, 0.3) is 0 Å². The Labute approximate surface area is 118 Å². The summed E-state index contributed by atoms with van der Waals surface area (Å²) in [4.78, 5) is 4.31. The van der Waals surface area contributed by atoms with Gasteiger partial charge in [0.1, 0.15) is 0 Å². The maximum absolute atomic E-state index is 5.99. The second-order valence-electron chi connectivity index (χ2n) is 4.28. The summed E-state index contributed by atoms with van der Waals surface area (Å²) < 4.78 is 7.09. The minimum atomic E-state index is 0.752. The van der Waals surface area contributed by atoms with Crippen molar-refractivity contribution in [1.82, 2.24) is 9.55 Å². The molecule has 2 rings (SSSR count). The molecule has 19 heavy (non-hydrogen) atoms. The van der Waals surface area contributed by atoms with E-state index in [1.165, 1.54) is 0 Å². The number of ether oxygens (including phenoxy) is 1. The fourth-order valence-electron chi connectivity index (χ4n) is 1.85. The number of hydrogen-bond acceptors (Lipinski definition) is 3. The number of halogens is 1. The first-order chi connectivity index (χ1) is 9.29. The molecule has 1 aromatic heterocycles. The van der Waals surface area contributed by atoms with Crippen molar-refractivity contribution in [3.63, 3.8) is 0 Å². The van der Waals surface area contributed by atoms with Crippen molar-refractivity contribution < 1.29 is 4.74 Å². The lowest BCUT2D eigenvalue weighted by Crippen LogP contribution is -2.10. The highest BCUT2D eigenvalue weighted by molar-refractivity contribution is 6.30. The second kappa shape index (κ2) is 7.16. The van der Waals surface area contributed by atoms with Crippen molar-refractivity contribution >= 4 is 17.5 Å². The minimum Gasteiger partial charge on any atom is -0.385 e. The first kappa shape index (κ1) is 13.9. The van der Waals surface area contributed by atoms with E-state index in [2.05, 4.69) is 20.9 Å². The number of nitrogens with one attached hydrogen (secondary N) is 1. The minimum absolute atomic E-state index is 0.752. The van der Waals surface area contributed by atoms with Crippen LogP contribution in [0.5, 0.6) is 0 Å². The van der Waals surface area contributed by atoms with E-state index in [0.717, 1.165) is 42.7 Å². The van der Waals surface area contributed by atoms with Gasteiger partial charge in [-0.25, -0.2) is 4.98 Å². The molecule has 1 heterocycles. The molecule has 102 valence electrons. The Hall–Kier alpha value is -1.52. The fraction of sp³-hybridized carbons (Fsp3) is 0.357. The van der Waals surface area contributed by atoms with E-state index in [4.69, 9.17) is 16.3 Å². The molecule has 0 atom stereocenters. The molecule has 0 aliphatic carbocycles. The first-order valence-electron chi connectivity index (χ1n) is 6.28. The third kappa shape index (κ3) is 4.26. The van der Waals surface area contributed by atoms with Gasteiger partial charge in [0.05, 0.1) is 6.54 Å². The van der Waals surface area contributed by atoms with Gasteiger partial charge >= 0.3 is 0 Å². The molecule has 0 aliphatic rings. The van der Waals surface area contributed by atoms with E-state index in [1.54, 1.807) is 13.3 Å². The predicted molar refractivity (Wildman–Crippen MR) is 77.8 cm³/mol. The molecule has 0 amide bonds. The molecule has 0 bridgehead atoms. The number of hydrogen-bond donors (Lipinski definition) is 1. The molecule has 0 spiro atoms. The highest BCUT2D eigenvalue weighted by Gasteiger charge is 2.03. The molecule has 0 aliphatic heterocycles. The monoisotopic (exact) mass is 279 g/mol. The molecule has 1 N–H and O–H groups in total. The van der Waals surface area contributed by atoms with Crippen LogP contribution in [0.25, 0.3) is 0 Å². The number of imidazole rings is 1. The zero-order valence-electron chi connectivity index (χ0n) is 11.0. The van der Waals surface area contributed by atoms with Crippen LogP contribution in [-0.2, 0) is 11.3 Å². The third-order valence-corrected chi connectivity index (χ3v) is 3.00. The number of anilines is 1. The van der Waals surface area contributed by atoms with Gasteiger partial charge in [0, 0.05) is 37.7 Å². The summed E-state index contributed by atoms with van der Waals surface area (Å²) in [5.74, 6) is 0.871. The molecule has 4 nitrogen and oxygen atoms in total. The third-order valence-electron chi connectivity index (χ3n) is 2.77. The standard InChI is InChI=1S/C14H18ClN3O/c1-19-9-3-6-16-14-17-7-8-18(14)11-12-4-2-5-13(15)10-12/h2,4-5,7-8,10H,3,6,9,11H2,1H3,(H,16,17). The van der Waals surface area contributed by atoms with Crippen LogP contribution in [0.4, 0.5) is 5.95 Å². The summed E-state index contributed by atoms with van der Waals surface area (Å²) in [7, 11) is 1.71. The van der Waals surface area contributed by atoms with Gasteiger partial charge in [0.15, 0.2) is 0 Å². The summed E-state index contributed by atoms with van der Waals surface area (Å²) in [6.07, 6.45) is 4.71. The number of benzene rings is 1. The van der Waals surface area contributed by atoms with Gasteiger partial charge < -0.3 is 14.6 Å². The van der Waals surface area contributed by atoms with E-state index in [9.17, 15) is 0 Å². The molecule has 5 heteroatoms. The Kier molecular flexibility index (Phi) is 5.24. The van der Waals surface area contributed by atoms with Crippen LogP contribution in [-0.4, -0.2) is 29.8 Å². The number of aromatic nitrogens is 2. The fourth-order valence-corrected chi connectivity index (χ4v) is 2.07. The zero-order chi connectivity index (χ0) is 13.5. The quantitative estimate of drug-likeness (QED) is 0.792. The molecule has 0 unspecified atom stereocenters. The number of nitrogens with zero attached hydrogens (tertiary/aromatic N) is 2. The SMILES string of the molecule is COCCCNc1nccn1Cc1cccc(Cl)c1. The molecule has 0 radical (unpaired) electrons. The normalized spacial score (nSPS) is 10.6. The van der Waals surface area contributed by atoms with Gasteiger partial charge in [-0.1, -0.05) is 23.7 Å². The molecular formula is C14H18ClN3O. The van der Waals surface area contributed by atoms with E-state index in [-0.39, 0.29) is 0 Å². The Morgan fingerprint density at radius 2 is 2.32 bits per heavy atom. The van der Waals surface area contributed by atoms with Gasteiger partial charge in [0.2, 0.25) is 5.95 Å². The first-order valence-corrected chi connectivity index (χ1v) is 6.66. The second-order valence-corrected chi connectivity index (χ2v) is 4.72. The number of rotatable bonds is 7. The van der Waals surface area contributed by atoms with Crippen LogP contribution in [0.3, 0.4) is 0 Å². The topological polar surface area (TPSA) is 39.1 Å². The largest absolute Gasteiger partial charge is 0.385 e. The Balaban J connectivity index is 1.95. The summed E-state index contributed by atoms with van der Waals surface area (Å²) >= 11 is 5.99. The van der Waals surface area contributed by atoms with Gasteiger partial charge in [-0.3, -0.25) is 0 Å². The van der Waals surface area contributed by atoms with Crippen LogP contribution in [0.2, 0.25) is 5.02 Å². The van der Waals surface area contributed by atoms with Crippen molar-refractivity contribution in [1.29, 1.82) is 0 Å². The maximum atomic E-state index is 5.99. The molecular weight excluding hydrogens is 262 g/mol. The van der Waals surface area contributed by atoms with E-state index >= 15 is 0 Å². The summed E-state index contributed by atoms with van der Waals surface area (Å²) in [5.41, 5.74) is 1.16. The van der Waals surface area contributed by atoms with Crippen LogP contribution in [0.1, 0.15) is 12.0 Å². The van der Waals surface area contributed by atoms with Crippen LogP contribution < -0.4 is 5.32 Å². The lowest BCUT2D eigenvalue weighted by Gasteiger charge is -2.10. The van der Waals surface area contributed by atoms with Crippen molar-refractivity contribution in [2.75, 3.05) is 25.6 Å². The van der Waals surface area contributed by atoms with Gasteiger partial charge in [-0.05, 0) is 24.1 Å². The Bertz CT molecular complexity index is 513. The Morgan fingerprint density at radius 3 is 3.11 bits per heavy atom. The van der Waals surface area contributed by atoms with Gasteiger partial charge in [-0.2, -0.15) is 0 Å². The average molecular weight is 280 g/mol. The van der Waals surface area contributed by atoms with E-state index in [0.29, 0.717) is 0 Å². The van der Waals surface area contributed by atoms with Crippen LogP contribution >= 0.6 is 11.6 Å². The molecule has 0 saturated carbocycles. The van der Waals surface area contributed by atoms with E-state index < -0.39 is 0 Å². The lowest BCUT2D eigenvalue weighted by molar-refractivity contribution is 0.197. The van der Waals surface area contributed by atoms with Crippen molar-refractivity contribution in [3.8, 4) is 0 Å². The molecule has 0 fully saturated rings. The lowest BCUT2D eigenvalue weighted by atomic mass is 10.2. The summed E-state index contributed by atoms with van der Waals surface area (Å²) in [5, 5.41) is 4.06. The highest BCUT2D eigenvalue weighted by atomic mass is 35.5. The van der Waals surface area contributed by atoms with Crippen molar-refractivity contribution in [2.24, 2.45) is 0 Å². The molecule has 2 aromatic rings. The van der Waals surface area contributed by atoms with Crippen LogP contribution in [0, 0.1) is 0 Å². The van der Waals surface area contributed by atoms with Crippen LogP contribution in [0.15, 0.2) is 36.7 Å². The van der Waals surface area contributed by atoms with E-state index in [1.807, 2.05) is 24.4 Å². The smallest absolute Gasteiger partial charge is 0.203 e. The Morgan fingerprint density at radius 1 is 1.42 bits per heavy atom. The summed E-state index contributed by atoms with van der Waals surface area (Å²) in [6, 6.07) is 7.86. The molecule has 1 aromatic carbocycles.